The molecule has 0 bridgehead atoms. The molecular weight excluding hydrogens is 847 g/mol. The summed E-state index contributed by atoms with van der Waals surface area (Å²) in [6.45, 7) is 4.76. The lowest BCUT2D eigenvalue weighted by molar-refractivity contribution is 0.662. The molecular formula is C68H47NO. The molecule has 0 N–H and O–H groups in total. The van der Waals surface area contributed by atoms with Gasteiger partial charge in [-0.2, -0.15) is 0 Å². The molecule has 0 radical (unpaired) electrons. The molecule has 12 aromatic rings. The number of anilines is 3. The lowest BCUT2D eigenvalue weighted by atomic mass is 9.68. The Balaban J connectivity index is 1.02. The molecule has 0 amide bonds. The summed E-state index contributed by atoms with van der Waals surface area (Å²) in [7, 11) is 0. The van der Waals surface area contributed by atoms with E-state index in [-0.39, 0.29) is 5.41 Å². The summed E-state index contributed by atoms with van der Waals surface area (Å²) >= 11 is 0. The fourth-order valence-corrected chi connectivity index (χ4v) is 12.6. The molecule has 1 heterocycles. The van der Waals surface area contributed by atoms with Crippen LogP contribution in [-0.4, -0.2) is 0 Å². The molecule has 0 spiro atoms. The van der Waals surface area contributed by atoms with Crippen molar-refractivity contribution in [3.63, 3.8) is 0 Å². The number of benzene rings is 11. The Morgan fingerprint density at radius 1 is 0.357 bits per heavy atom. The van der Waals surface area contributed by atoms with Crippen LogP contribution in [-0.2, 0) is 10.8 Å². The quantitative estimate of drug-likeness (QED) is 0.158. The molecule has 0 atom stereocenters. The molecule has 2 aliphatic carbocycles. The van der Waals surface area contributed by atoms with Gasteiger partial charge >= 0.3 is 0 Å². The van der Waals surface area contributed by atoms with Crippen LogP contribution in [0.3, 0.4) is 0 Å². The fourth-order valence-electron chi connectivity index (χ4n) is 12.6. The maximum absolute atomic E-state index is 6.96. The van der Waals surface area contributed by atoms with Gasteiger partial charge in [0, 0.05) is 44.1 Å². The van der Waals surface area contributed by atoms with Gasteiger partial charge in [0.05, 0.1) is 11.1 Å². The molecule has 0 saturated carbocycles. The number of rotatable bonds is 7. The molecule has 0 aliphatic heterocycles. The van der Waals surface area contributed by atoms with Gasteiger partial charge in [0.25, 0.3) is 0 Å². The van der Waals surface area contributed by atoms with Crippen LogP contribution in [0.15, 0.2) is 253 Å². The van der Waals surface area contributed by atoms with Crippen LogP contribution in [0.2, 0.25) is 0 Å². The molecule has 2 heteroatoms. The minimum absolute atomic E-state index is 0.168. The molecule has 0 unspecified atom stereocenters. The largest absolute Gasteiger partial charge is 0.455 e. The predicted octanol–water partition coefficient (Wildman–Crippen LogP) is 18.2. The van der Waals surface area contributed by atoms with E-state index >= 15 is 0 Å². The second-order valence-corrected chi connectivity index (χ2v) is 19.5. The Bertz CT molecular complexity index is 4010. The highest BCUT2D eigenvalue weighted by atomic mass is 16.3. The lowest BCUT2D eigenvalue weighted by Crippen LogP contribution is -2.28. The van der Waals surface area contributed by atoms with Gasteiger partial charge in [-0.05, 0) is 109 Å². The van der Waals surface area contributed by atoms with Crippen molar-refractivity contribution in [2.45, 2.75) is 24.7 Å². The van der Waals surface area contributed by atoms with E-state index in [1.165, 1.54) is 72.1 Å². The van der Waals surface area contributed by atoms with E-state index < -0.39 is 5.41 Å². The fraction of sp³-hybridized carbons (Fsp3) is 0.0588. The second-order valence-electron chi connectivity index (χ2n) is 19.5. The van der Waals surface area contributed by atoms with Gasteiger partial charge in [0.1, 0.15) is 11.2 Å². The predicted molar refractivity (Wildman–Crippen MR) is 292 cm³/mol. The van der Waals surface area contributed by atoms with Crippen molar-refractivity contribution in [3.05, 3.63) is 282 Å². The van der Waals surface area contributed by atoms with Crippen molar-refractivity contribution in [2.75, 3.05) is 4.90 Å². The van der Waals surface area contributed by atoms with E-state index in [1.807, 2.05) is 0 Å². The SMILES string of the molecule is CC1(C)c2ccccc2-c2cccc(-c3cccc(N(c4cccc(-c5cccc6c5oc5c7ccccc7ccc65)c4)c4cccc5c4-c4ccccc4C5(c4ccccc4)c4ccccc4)c3)c21. The van der Waals surface area contributed by atoms with Crippen molar-refractivity contribution < 1.29 is 4.42 Å². The van der Waals surface area contributed by atoms with Gasteiger partial charge in [0.15, 0.2) is 0 Å². The minimum atomic E-state index is -0.549. The van der Waals surface area contributed by atoms with E-state index in [4.69, 9.17) is 4.42 Å². The van der Waals surface area contributed by atoms with E-state index in [1.54, 1.807) is 0 Å². The molecule has 0 saturated heterocycles. The first-order chi connectivity index (χ1) is 34.5. The van der Waals surface area contributed by atoms with Crippen LogP contribution in [0.5, 0.6) is 0 Å². The summed E-state index contributed by atoms with van der Waals surface area (Å²) in [5.74, 6) is 0. The van der Waals surface area contributed by atoms with Crippen molar-refractivity contribution >= 4 is 49.8 Å². The molecule has 1 aromatic heterocycles. The average Bonchev–Trinajstić information content (AvgIpc) is 4.04. The number of para-hydroxylation sites is 1. The van der Waals surface area contributed by atoms with Gasteiger partial charge in [-0.1, -0.05) is 226 Å². The number of hydrogen-bond donors (Lipinski definition) is 0. The van der Waals surface area contributed by atoms with Crippen LogP contribution in [0, 0.1) is 0 Å². The van der Waals surface area contributed by atoms with E-state index in [0.29, 0.717) is 0 Å². The highest BCUT2D eigenvalue weighted by Gasteiger charge is 2.47. The molecule has 70 heavy (non-hydrogen) atoms. The third kappa shape index (κ3) is 5.74. The summed E-state index contributed by atoms with van der Waals surface area (Å²) in [4.78, 5) is 2.50. The second kappa shape index (κ2) is 15.4. The van der Waals surface area contributed by atoms with E-state index in [0.717, 1.165) is 55.5 Å². The normalized spacial score (nSPS) is 13.8. The van der Waals surface area contributed by atoms with Crippen LogP contribution in [0.4, 0.5) is 17.1 Å². The zero-order chi connectivity index (χ0) is 46.6. The van der Waals surface area contributed by atoms with E-state index in [9.17, 15) is 0 Å². The Kier molecular flexibility index (Phi) is 8.88. The standard InChI is InChI=1S/C68H47NO/c1-67(2)59-36-13-11-30-54(59)55-34-17-32-51(64(55)67)45-21-15-27-49(42-45)69(50-28-16-22-46(43-50)53-33-18-35-56-57-41-40-44-20-9-10-29-52(44)65(57)70-66(53)56)62-39-19-38-61-63(62)58-31-12-14-37-60(58)68(61,47-23-5-3-6-24-47)48-25-7-4-8-26-48/h3-43H,1-2H3. The van der Waals surface area contributed by atoms with Crippen molar-refractivity contribution in [3.8, 4) is 44.5 Å². The summed E-state index contributed by atoms with van der Waals surface area (Å²) in [6, 6.07) is 91.7. The Labute approximate surface area is 408 Å². The highest BCUT2D eigenvalue weighted by Crippen LogP contribution is 2.60. The number of furan rings is 1. The smallest absolute Gasteiger partial charge is 0.143 e. The highest BCUT2D eigenvalue weighted by molar-refractivity contribution is 6.17. The van der Waals surface area contributed by atoms with Crippen LogP contribution in [0.1, 0.15) is 47.2 Å². The Morgan fingerprint density at radius 2 is 0.886 bits per heavy atom. The summed E-state index contributed by atoms with van der Waals surface area (Å²) < 4.78 is 6.96. The molecule has 2 nitrogen and oxygen atoms in total. The van der Waals surface area contributed by atoms with Gasteiger partial charge in [-0.15, -0.1) is 0 Å². The van der Waals surface area contributed by atoms with Crippen LogP contribution >= 0.6 is 0 Å². The first-order valence-electron chi connectivity index (χ1n) is 24.4. The van der Waals surface area contributed by atoms with Gasteiger partial charge in [-0.25, -0.2) is 0 Å². The molecule has 2 aliphatic rings. The first-order valence-corrected chi connectivity index (χ1v) is 24.4. The molecule has 0 fully saturated rings. The topological polar surface area (TPSA) is 16.4 Å². The maximum Gasteiger partial charge on any atom is 0.143 e. The van der Waals surface area contributed by atoms with Gasteiger partial charge in [0.2, 0.25) is 0 Å². The minimum Gasteiger partial charge on any atom is -0.455 e. The summed E-state index contributed by atoms with van der Waals surface area (Å²) in [5.41, 5.74) is 21.8. The number of fused-ring (bicyclic) bond motifs is 11. The first kappa shape index (κ1) is 40.4. The number of hydrogen-bond acceptors (Lipinski definition) is 2. The third-order valence-corrected chi connectivity index (χ3v) is 15.5. The Hall–Kier alpha value is -8.72. The van der Waals surface area contributed by atoms with Crippen molar-refractivity contribution in [1.29, 1.82) is 0 Å². The van der Waals surface area contributed by atoms with Gasteiger partial charge < -0.3 is 9.32 Å². The van der Waals surface area contributed by atoms with E-state index in [2.05, 4.69) is 267 Å². The van der Waals surface area contributed by atoms with Crippen molar-refractivity contribution in [2.24, 2.45) is 0 Å². The summed E-state index contributed by atoms with van der Waals surface area (Å²) in [6.07, 6.45) is 0. The maximum atomic E-state index is 6.96. The zero-order valence-corrected chi connectivity index (χ0v) is 39.0. The van der Waals surface area contributed by atoms with Crippen molar-refractivity contribution in [1.82, 2.24) is 0 Å². The lowest BCUT2D eigenvalue weighted by Gasteiger charge is -2.34. The van der Waals surface area contributed by atoms with Crippen LogP contribution < -0.4 is 4.90 Å². The van der Waals surface area contributed by atoms with Crippen LogP contribution in [0.25, 0.3) is 77.2 Å². The molecule has 11 aromatic carbocycles. The number of nitrogens with zero attached hydrogens (tertiary/aromatic N) is 1. The summed E-state index contributed by atoms with van der Waals surface area (Å²) in [5, 5.41) is 4.54. The van der Waals surface area contributed by atoms with Gasteiger partial charge in [-0.3, -0.25) is 0 Å². The zero-order valence-electron chi connectivity index (χ0n) is 39.0. The molecule has 14 rings (SSSR count). The monoisotopic (exact) mass is 893 g/mol. The Morgan fingerprint density at radius 3 is 1.64 bits per heavy atom. The molecule has 330 valence electrons. The average molecular weight is 894 g/mol. The third-order valence-electron chi connectivity index (χ3n) is 15.5.